The van der Waals surface area contributed by atoms with E-state index in [-0.39, 0.29) is 5.57 Å². The first-order valence-corrected chi connectivity index (χ1v) is 11.5. The summed E-state index contributed by atoms with van der Waals surface area (Å²) < 4.78 is 1.97. The predicted molar refractivity (Wildman–Crippen MR) is 132 cm³/mol. The fraction of sp³-hybridized carbons (Fsp3) is 0.231. The van der Waals surface area contributed by atoms with Crippen molar-refractivity contribution in [3.8, 4) is 11.1 Å². The summed E-state index contributed by atoms with van der Waals surface area (Å²) >= 11 is 1.53. The number of urea groups is 1. The Balaban J connectivity index is 1.80. The van der Waals surface area contributed by atoms with Crippen molar-refractivity contribution in [2.75, 3.05) is 4.90 Å². The van der Waals surface area contributed by atoms with Gasteiger partial charge in [-0.2, -0.15) is 5.26 Å². The Hall–Kier alpha value is -3.96. The van der Waals surface area contributed by atoms with Crippen molar-refractivity contribution in [1.29, 1.82) is 5.26 Å². The van der Waals surface area contributed by atoms with Gasteiger partial charge < -0.3 is 4.57 Å². The standard InChI is InChI=1S/C26H24N4O3S/c1-13-7-8-20(9-14(13)2)30-24(32)21(23(31)28-26(30)33)11-19-10-15(3)29(17(19)5)25-22(12-27)16(4)18(6)34-25/h7-11H,1-6H3,(H,28,31,33)/b21-11+. The largest absolute Gasteiger partial charge is 0.335 e. The third kappa shape index (κ3) is 3.64. The highest BCUT2D eigenvalue weighted by Gasteiger charge is 2.37. The van der Waals surface area contributed by atoms with E-state index in [4.69, 9.17) is 0 Å². The molecule has 1 aliphatic heterocycles. The van der Waals surface area contributed by atoms with Crippen molar-refractivity contribution in [2.45, 2.75) is 41.5 Å². The van der Waals surface area contributed by atoms with Crippen LogP contribution in [0, 0.1) is 52.9 Å². The Labute approximate surface area is 201 Å². The van der Waals surface area contributed by atoms with E-state index < -0.39 is 17.8 Å². The van der Waals surface area contributed by atoms with Gasteiger partial charge in [-0.1, -0.05) is 6.07 Å². The molecule has 1 aliphatic rings. The maximum atomic E-state index is 13.3. The van der Waals surface area contributed by atoms with Gasteiger partial charge in [-0.25, -0.2) is 9.69 Å². The lowest BCUT2D eigenvalue weighted by Gasteiger charge is -2.26. The molecule has 7 nitrogen and oxygen atoms in total. The molecule has 0 radical (unpaired) electrons. The van der Waals surface area contributed by atoms with Crippen LogP contribution in [-0.4, -0.2) is 22.4 Å². The second kappa shape index (κ2) is 8.43. The Bertz CT molecular complexity index is 1470. The summed E-state index contributed by atoms with van der Waals surface area (Å²) in [5.74, 6) is -1.41. The number of carbonyl (C=O) groups is 3. The summed E-state index contributed by atoms with van der Waals surface area (Å²) in [6.07, 6.45) is 1.51. The summed E-state index contributed by atoms with van der Waals surface area (Å²) in [6, 6.07) is 8.65. The van der Waals surface area contributed by atoms with Gasteiger partial charge in [0.15, 0.2) is 0 Å². The number of aromatic nitrogens is 1. The van der Waals surface area contributed by atoms with Gasteiger partial charge in [0, 0.05) is 16.3 Å². The van der Waals surface area contributed by atoms with Crippen molar-refractivity contribution >= 4 is 40.9 Å². The number of imide groups is 2. The lowest BCUT2D eigenvalue weighted by atomic mass is 10.1. The zero-order valence-corrected chi connectivity index (χ0v) is 20.7. The molecule has 0 aliphatic carbocycles. The number of barbiturate groups is 1. The number of nitrogens with one attached hydrogen (secondary N) is 1. The van der Waals surface area contributed by atoms with Gasteiger partial charge in [0.25, 0.3) is 11.8 Å². The molecule has 0 spiro atoms. The molecule has 1 aromatic carbocycles. The summed E-state index contributed by atoms with van der Waals surface area (Å²) in [5.41, 5.74) is 6.11. The smallest absolute Gasteiger partial charge is 0.308 e. The molecule has 4 amide bonds. The molecule has 3 aromatic rings. The molecule has 0 bridgehead atoms. The van der Waals surface area contributed by atoms with Crippen LogP contribution in [0.5, 0.6) is 0 Å². The van der Waals surface area contributed by atoms with Crippen molar-refractivity contribution in [3.63, 3.8) is 0 Å². The van der Waals surface area contributed by atoms with Gasteiger partial charge in [0.05, 0.1) is 11.3 Å². The SMILES string of the molecule is Cc1ccc(N2C(=O)NC(=O)/C(=C\c3cc(C)n(-c4sc(C)c(C)c4C#N)c3C)C2=O)cc1C. The summed E-state index contributed by atoms with van der Waals surface area (Å²) in [5, 5.41) is 12.8. The van der Waals surface area contributed by atoms with Gasteiger partial charge in [-0.15, -0.1) is 11.3 Å². The molecule has 3 heterocycles. The minimum atomic E-state index is -0.774. The first-order valence-electron chi connectivity index (χ1n) is 10.7. The van der Waals surface area contributed by atoms with E-state index in [2.05, 4.69) is 11.4 Å². The van der Waals surface area contributed by atoms with E-state index in [1.54, 1.807) is 12.1 Å². The maximum absolute atomic E-state index is 13.3. The van der Waals surface area contributed by atoms with Crippen LogP contribution in [0.3, 0.4) is 0 Å². The van der Waals surface area contributed by atoms with Crippen molar-refractivity contribution in [2.24, 2.45) is 0 Å². The predicted octanol–water partition coefficient (Wildman–Crippen LogP) is 4.93. The van der Waals surface area contributed by atoms with Gasteiger partial charge >= 0.3 is 6.03 Å². The molecule has 4 rings (SSSR count). The highest BCUT2D eigenvalue weighted by Crippen LogP contribution is 2.34. The van der Waals surface area contributed by atoms with Crippen LogP contribution in [-0.2, 0) is 9.59 Å². The van der Waals surface area contributed by atoms with Crippen LogP contribution < -0.4 is 10.2 Å². The highest BCUT2D eigenvalue weighted by molar-refractivity contribution is 7.14. The second-order valence-corrected chi connectivity index (χ2v) is 9.67. The van der Waals surface area contributed by atoms with Crippen molar-refractivity contribution in [3.05, 3.63) is 73.9 Å². The lowest BCUT2D eigenvalue weighted by molar-refractivity contribution is -0.122. The van der Waals surface area contributed by atoms with Crippen molar-refractivity contribution in [1.82, 2.24) is 9.88 Å². The Morgan fingerprint density at radius 1 is 1.00 bits per heavy atom. The number of nitrogens with zero attached hydrogens (tertiary/aromatic N) is 3. The van der Waals surface area contributed by atoms with E-state index in [1.165, 1.54) is 17.4 Å². The molecule has 8 heteroatoms. The number of hydrogen-bond donors (Lipinski definition) is 1. The first kappa shape index (κ1) is 23.2. The summed E-state index contributed by atoms with van der Waals surface area (Å²) in [6.45, 7) is 11.5. The fourth-order valence-electron chi connectivity index (χ4n) is 4.06. The molecule has 172 valence electrons. The summed E-state index contributed by atoms with van der Waals surface area (Å²) in [4.78, 5) is 40.5. The zero-order chi connectivity index (χ0) is 24.9. The average Bonchev–Trinajstić information content (AvgIpc) is 3.21. The van der Waals surface area contributed by atoms with Gasteiger partial charge in [0.1, 0.15) is 16.6 Å². The molecule has 0 atom stereocenters. The van der Waals surface area contributed by atoms with Crippen LogP contribution in [0.2, 0.25) is 0 Å². The van der Waals surface area contributed by atoms with Crippen LogP contribution in [0.15, 0.2) is 29.8 Å². The molecule has 1 N–H and O–H groups in total. The number of benzene rings is 1. The number of thiophene rings is 1. The number of hydrogen-bond acceptors (Lipinski definition) is 5. The molecule has 1 saturated heterocycles. The van der Waals surface area contributed by atoms with Crippen LogP contribution in [0.1, 0.15) is 44.1 Å². The molecule has 1 fully saturated rings. The number of aryl methyl sites for hydroxylation is 4. The molecular weight excluding hydrogens is 448 g/mol. The minimum Gasteiger partial charge on any atom is -0.308 e. The molecule has 2 aromatic heterocycles. The number of amides is 4. The monoisotopic (exact) mass is 472 g/mol. The highest BCUT2D eigenvalue weighted by atomic mass is 32.1. The van der Waals surface area contributed by atoms with E-state index in [1.807, 2.05) is 58.2 Å². The number of rotatable bonds is 3. The van der Waals surface area contributed by atoms with Crippen LogP contribution in [0.4, 0.5) is 10.5 Å². The van der Waals surface area contributed by atoms with Crippen molar-refractivity contribution < 1.29 is 14.4 Å². The quantitative estimate of drug-likeness (QED) is 0.432. The molecule has 0 unspecified atom stereocenters. The second-order valence-electron chi connectivity index (χ2n) is 8.46. The molecule has 0 saturated carbocycles. The van der Waals surface area contributed by atoms with Gasteiger partial charge in [-0.3, -0.25) is 14.9 Å². The first-order chi connectivity index (χ1) is 16.0. The van der Waals surface area contributed by atoms with Gasteiger partial charge in [-0.05, 0) is 88.1 Å². The Morgan fingerprint density at radius 3 is 2.35 bits per heavy atom. The third-order valence-electron chi connectivity index (χ3n) is 6.30. The molecule has 34 heavy (non-hydrogen) atoms. The lowest BCUT2D eigenvalue weighted by Crippen LogP contribution is -2.54. The minimum absolute atomic E-state index is 0.128. The van der Waals surface area contributed by atoms with Crippen LogP contribution >= 0.6 is 11.3 Å². The van der Waals surface area contributed by atoms with E-state index in [0.29, 0.717) is 16.8 Å². The van der Waals surface area contributed by atoms with E-state index in [0.717, 1.165) is 42.9 Å². The average molecular weight is 473 g/mol. The topological polar surface area (TPSA) is 95.2 Å². The maximum Gasteiger partial charge on any atom is 0.335 e. The Kier molecular flexibility index (Phi) is 5.75. The number of nitriles is 1. The van der Waals surface area contributed by atoms with E-state index in [9.17, 15) is 19.6 Å². The van der Waals surface area contributed by atoms with Gasteiger partial charge in [0.2, 0.25) is 0 Å². The Morgan fingerprint density at radius 2 is 1.71 bits per heavy atom. The van der Waals surface area contributed by atoms with E-state index >= 15 is 0 Å². The third-order valence-corrected chi connectivity index (χ3v) is 7.49. The van der Waals surface area contributed by atoms with Crippen LogP contribution in [0.25, 0.3) is 11.1 Å². The zero-order valence-electron chi connectivity index (χ0n) is 19.9. The summed E-state index contributed by atoms with van der Waals surface area (Å²) in [7, 11) is 0. The molecular formula is C26H24N4O3S. The fourth-order valence-corrected chi connectivity index (χ4v) is 5.27. The number of anilines is 1. The normalized spacial score (nSPS) is 15.1. The number of carbonyl (C=O) groups excluding carboxylic acids is 3.